The second kappa shape index (κ2) is 7.84. The van der Waals surface area contributed by atoms with E-state index >= 15 is 0 Å². The number of para-hydroxylation sites is 1. The first-order valence-electron chi connectivity index (χ1n) is 7.84. The van der Waals surface area contributed by atoms with Crippen molar-refractivity contribution in [2.45, 2.75) is 0 Å². The van der Waals surface area contributed by atoms with E-state index in [1.807, 2.05) is 42.3 Å². The van der Waals surface area contributed by atoms with E-state index in [4.69, 9.17) is 16.3 Å². The summed E-state index contributed by atoms with van der Waals surface area (Å²) in [5, 5.41) is 3.23. The quantitative estimate of drug-likeness (QED) is 0.732. The van der Waals surface area contributed by atoms with E-state index in [0.29, 0.717) is 22.3 Å². The van der Waals surface area contributed by atoms with Gasteiger partial charge in [-0.15, -0.1) is 0 Å². The van der Waals surface area contributed by atoms with Crippen LogP contribution in [0.1, 0.15) is 10.5 Å². The van der Waals surface area contributed by atoms with Crippen molar-refractivity contribution in [1.82, 2.24) is 9.97 Å². The molecule has 0 spiro atoms. The molecule has 0 atom stereocenters. The second-order valence-electron chi connectivity index (χ2n) is 5.45. The molecule has 1 amide bonds. The number of methoxy groups -OCH3 is 1. The summed E-state index contributed by atoms with van der Waals surface area (Å²) in [6.07, 6.45) is 2.98. The number of hydrogen-bond donors (Lipinski definition) is 1. The number of ether oxygens (including phenoxy) is 1. The van der Waals surface area contributed by atoms with Crippen LogP contribution in [-0.2, 0) is 0 Å². The van der Waals surface area contributed by atoms with Crippen LogP contribution in [-0.4, -0.2) is 30.0 Å². The van der Waals surface area contributed by atoms with Crippen molar-refractivity contribution >= 4 is 34.7 Å². The highest BCUT2D eigenvalue weighted by atomic mass is 35.5. The third-order valence-corrected chi connectivity index (χ3v) is 4.00. The van der Waals surface area contributed by atoms with Gasteiger partial charge in [0.25, 0.3) is 5.91 Å². The number of amides is 1. The maximum absolute atomic E-state index is 12.4. The molecule has 0 aliphatic rings. The summed E-state index contributed by atoms with van der Waals surface area (Å²) in [5.74, 6) is 0.746. The summed E-state index contributed by atoms with van der Waals surface area (Å²) in [4.78, 5) is 22.8. The molecule has 0 unspecified atom stereocenters. The van der Waals surface area contributed by atoms with Crippen molar-refractivity contribution in [1.29, 1.82) is 0 Å². The van der Waals surface area contributed by atoms with Gasteiger partial charge in [0.05, 0.1) is 25.2 Å². The summed E-state index contributed by atoms with van der Waals surface area (Å²) >= 11 is 5.98. The summed E-state index contributed by atoms with van der Waals surface area (Å²) < 4.78 is 5.22. The van der Waals surface area contributed by atoms with E-state index in [9.17, 15) is 4.79 Å². The second-order valence-corrected chi connectivity index (χ2v) is 5.89. The number of rotatable bonds is 5. The monoisotopic (exact) mass is 368 g/mol. The highest BCUT2D eigenvalue weighted by Crippen LogP contribution is 2.28. The minimum Gasteiger partial charge on any atom is -0.495 e. The maximum atomic E-state index is 12.4. The lowest BCUT2D eigenvalue weighted by molar-refractivity contribution is 0.102. The Labute approximate surface area is 156 Å². The number of hydrogen-bond acceptors (Lipinski definition) is 5. The zero-order valence-electron chi connectivity index (χ0n) is 14.3. The first-order chi connectivity index (χ1) is 12.6. The highest BCUT2D eigenvalue weighted by Gasteiger charge is 2.13. The Kier molecular flexibility index (Phi) is 5.34. The van der Waals surface area contributed by atoms with E-state index in [-0.39, 0.29) is 5.69 Å². The van der Waals surface area contributed by atoms with Crippen LogP contribution in [0.5, 0.6) is 5.75 Å². The Balaban J connectivity index is 1.76. The van der Waals surface area contributed by atoms with Crippen molar-refractivity contribution in [2.75, 3.05) is 24.4 Å². The van der Waals surface area contributed by atoms with Gasteiger partial charge < -0.3 is 15.0 Å². The van der Waals surface area contributed by atoms with Gasteiger partial charge in [-0.3, -0.25) is 4.79 Å². The van der Waals surface area contributed by atoms with Gasteiger partial charge in [-0.1, -0.05) is 29.8 Å². The molecule has 3 rings (SSSR count). The molecule has 132 valence electrons. The molecule has 0 radical (unpaired) electrons. The summed E-state index contributed by atoms with van der Waals surface area (Å²) in [7, 11) is 3.41. The largest absolute Gasteiger partial charge is 0.495 e. The van der Waals surface area contributed by atoms with Gasteiger partial charge in [0.2, 0.25) is 0 Å². The Morgan fingerprint density at radius 2 is 1.88 bits per heavy atom. The van der Waals surface area contributed by atoms with Crippen LogP contribution in [0.4, 0.5) is 17.2 Å². The van der Waals surface area contributed by atoms with E-state index in [2.05, 4.69) is 15.3 Å². The third-order valence-electron chi connectivity index (χ3n) is 3.77. The fraction of sp³-hybridized carbons (Fsp3) is 0.105. The average Bonchev–Trinajstić information content (AvgIpc) is 2.68. The van der Waals surface area contributed by atoms with Crippen molar-refractivity contribution < 1.29 is 9.53 Å². The van der Waals surface area contributed by atoms with E-state index in [1.165, 1.54) is 13.3 Å². The molecule has 0 fully saturated rings. The number of halogens is 1. The molecule has 0 saturated carbocycles. The molecule has 0 aliphatic heterocycles. The molecule has 1 aromatic heterocycles. The van der Waals surface area contributed by atoms with Crippen LogP contribution in [0.25, 0.3) is 0 Å². The summed E-state index contributed by atoms with van der Waals surface area (Å²) in [6, 6.07) is 14.7. The van der Waals surface area contributed by atoms with E-state index < -0.39 is 5.91 Å². The number of benzene rings is 2. The lowest BCUT2D eigenvalue weighted by atomic mass is 10.2. The molecule has 0 saturated heterocycles. The van der Waals surface area contributed by atoms with Gasteiger partial charge in [0.15, 0.2) is 5.82 Å². The van der Waals surface area contributed by atoms with Crippen LogP contribution in [0.2, 0.25) is 5.02 Å². The fourth-order valence-corrected chi connectivity index (χ4v) is 2.53. The Bertz CT molecular complexity index is 901. The van der Waals surface area contributed by atoms with Crippen LogP contribution < -0.4 is 15.0 Å². The number of aromatic nitrogens is 2. The predicted octanol–water partition coefficient (Wildman–Crippen LogP) is 4.16. The molecule has 1 N–H and O–H groups in total. The van der Waals surface area contributed by atoms with Crippen LogP contribution in [0.15, 0.2) is 60.9 Å². The number of nitrogens with one attached hydrogen (secondary N) is 1. The third kappa shape index (κ3) is 3.92. The molecule has 1 heterocycles. The summed E-state index contributed by atoms with van der Waals surface area (Å²) in [6.45, 7) is 0. The number of nitrogens with zero attached hydrogens (tertiary/aromatic N) is 3. The molecule has 6 nitrogen and oxygen atoms in total. The minimum absolute atomic E-state index is 0.192. The maximum Gasteiger partial charge on any atom is 0.275 e. The lowest BCUT2D eigenvalue weighted by Gasteiger charge is -2.17. The Morgan fingerprint density at radius 1 is 1.12 bits per heavy atom. The van der Waals surface area contributed by atoms with Crippen LogP contribution in [0.3, 0.4) is 0 Å². The molecule has 3 aromatic rings. The van der Waals surface area contributed by atoms with Gasteiger partial charge in [-0.2, -0.15) is 0 Å². The SMILES string of the molecule is COc1ccc(Cl)cc1NC(=O)c1cnc(N(C)c2ccccc2)cn1. The van der Waals surface area contributed by atoms with Crippen LogP contribution in [0, 0.1) is 0 Å². The van der Waals surface area contributed by atoms with Gasteiger partial charge >= 0.3 is 0 Å². The molecular weight excluding hydrogens is 352 g/mol. The highest BCUT2D eigenvalue weighted by molar-refractivity contribution is 6.31. The molecule has 7 heteroatoms. The molecule has 0 bridgehead atoms. The van der Waals surface area contributed by atoms with Gasteiger partial charge in [-0.25, -0.2) is 9.97 Å². The van der Waals surface area contributed by atoms with Crippen LogP contribution >= 0.6 is 11.6 Å². The first-order valence-corrected chi connectivity index (χ1v) is 8.22. The Morgan fingerprint density at radius 3 is 2.54 bits per heavy atom. The van der Waals surface area contributed by atoms with Gasteiger partial charge in [-0.05, 0) is 30.3 Å². The van der Waals surface area contributed by atoms with E-state index in [0.717, 1.165) is 5.69 Å². The molecule has 26 heavy (non-hydrogen) atoms. The van der Waals surface area contributed by atoms with Crippen molar-refractivity contribution in [3.05, 3.63) is 71.6 Å². The standard InChI is InChI=1S/C19H17ClN4O2/c1-24(14-6-4-3-5-7-14)18-12-21-16(11-22-18)19(25)23-15-10-13(20)8-9-17(15)26-2/h3-12H,1-2H3,(H,23,25). The number of carbonyl (C=O) groups is 1. The predicted molar refractivity (Wildman–Crippen MR) is 102 cm³/mol. The van der Waals surface area contributed by atoms with Crippen molar-refractivity contribution in [3.63, 3.8) is 0 Å². The zero-order valence-corrected chi connectivity index (χ0v) is 15.1. The average molecular weight is 369 g/mol. The topological polar surface area (TPSA) is 67.3 Å². The zero-order chi connectivity index (χ0) is 18.5. The lowest BCUT2D eigenvalue weighted by Crippen LogP contribution is -2.16. The van der Waals surface area contributed by atoms with Crippen molar-refractivity contribution in [3.8, 4) is 5.75 Å². The smallest absolute Gasteiger partial charge is 0.275 e. The van der Waals surface area contributed by atoms with Gasteiger partial charge in [0, 0.05) is 17.8 Å². The fourth-order valence-electron chi connectivity index (χ4n) is 2.36. The molecule has 2 aromatic carbocycles. The molecule has 0 aliphatic carbocycles. The minimum atomic E-state index is -0.396. The number of carbonyl (C=O) groups excluding carboxylic acids is 1. The summed E-state index contributed by atoms with van der Waals surface area (Å²) in [5.41, 5.74) is 1.64. The molecular formula is C19H17ClN4O2. The normalized spacial score (nSPS) is 10.3. The van der Waals surface area contributed by atoms with E-state index in [1.54, 1.807) is 24.4 Å². The number of anilines is 3. The van der Waals surface area contributed by atoms with Gasteiger partial charge in [0.1, 0.15) is 11.4 Å². The van der Waals surface area contributed by atoms with Crippen molar-refractivity contribution in [2.24, 2.45) is 0 Å². The first kappa shape index (κ1) is 17.7. The Hall–Kier alpha value is -3.12.